The van der Waals surface area contributed by atoms with Crippen molar-refractivity contribution in [2.75, 3.05) is 18.2 Å². The molecule has 0 atom stereocenters. The molecule has 3 rings (SSSR count). The number of carbonyl (C=O) groups excluding carboxylic acids is 1. The van der Waals surface area contributed by atoms with Gasteiger partial charge in [0, 0.05) is 17.8 Å². The highest BCUT2D eigenvalue weighted by molar-refractivity contribution is 7.99. The molecular weight excluding hydrogens is 408 g/mol. The molecule has 0 aliphatic heterocycles. The van der Waals surface area contributed by atoms with Crippen LogP contribution >= 0.6 is 11.8 Å². The van der Waals surface area contributed by atoms with Crippen LogP contribution in [-0.2, 0) is 24.2 Å². The Morgan fingerprint density at radius 3 is 2.39 bits per heavy atom. The zero-order valence-electron chi connectivity index (χ0n) is 18.2. The van der Waals surface area contributed by atoms with Gasteiger partial charge in [-0.25, -0.2) is 0 Å². The summed E-state index contributed by atoms with van der Waals surface area (Å²) in [6.07, 6.45) is 3.54. The van der Waals surface area contributed by atoms with Gasteiger partial charge in [-0.1, -0.05) is 49.9 Å². The second-order valence-electron chi connectivity index (χ2n) is 6.93. The Kier molecular flexibility index (Phi) is 7.89. The van der Waals surface area contributed by atoms with Crippen LogP contribution in [0.15, 0.2) is 60.3 Å². The zero-order valence-corrected chi connectivity index (χ0v) is 19.0. The average Bonchev–Trinajstić information content (AvgIpc) is 3.20. The lowest BCUT2D eigenvalue weighted by atomic mass is 10.0. The summed E-state index contributed by atoms with van der Waals surface area (Å²) in [6.45, 7) is 8.59. The number of thioether (sulfide) groups is 1. The fraction of sp³-hybridized carbons (Fsp3) is 0.292. The van der Waals surface area contributed by atoms with Crippen LogP contribution in [0.25, 0.3) is 11.4 Å². The standard InChI is InChI=1S/C24H28N4O2S/c1-5-15-28-23(19-11-13-20(30-4)14-12-19)26-27-24(28)31-16-21(29)25-22-17(6-2)9-8-10-18(22)7-3/h5,8-14H,1,6-7,15-16H2,2-4H3,(H,25,29). The molecule has 0 fully saturated rings. The predicted molar refractivity (Wildman–Crippen MR) is 127 cm³/mol. The van der Waals surface area contributed by atoms with Crippen molar-refractivity contribution in [3.63, 3.8) is 0 Å². The number of nitrogens with one attached hydrogen (secondary N) is 1. The molecule has 0 spiro atoms. The third kappa shape index (κ3) is 5.35. The molecule has 1 heterocycles. The Morgan fingerprint density at radius 2 is 1.81 bits per heavy atom. The van der Waals surface area contributed by atoms with E-state index < -0.39 is 0 Å². The van der Waals surface area contributed by atoms with E-state index in [-0.39, 0.29) is 11.7 Å². The Labute approximate surface area is 187 Å². The number of carbonyl (C=O) groups is 1. The Morgan fingerprint density at radius 1 is 1.13 bits per heavy atom. The van der Waals surface area contributed by atoms with Crippen LogP contribution in [0.5, 0.6) is 5.75 Å². The fourth-order valence-electron chi connectivity index (χ4n) is 3.35. The largest absolute Gasteiger partial charge is 0.497 e. The second kappa shape index (κ2) is 10.8. The van der Waals surface area contributed by atoms with Gasteiger partial charge in [-0.3, -0.25) is 9.36 Å². The molecule has 0 aliphatic rings. The smallest absolute Gasteiger partial charge is 0.234 e. The van der Waals surface area contributed by atoms with Crippen molar-refractivity contribution in [3.8, 4) is 17.1 Å². The van der Waals surface area contributed by atoms with Crippen molar-refractivity contribution in [2.24, 2.45) is 0 Å². The molecule has 162 valence electrons. The number of methoxy groups -OCH3 is 1. The number of hydrogen-bond acceptors (Lipinski definition) is 5. The molecule has 0 aliphatic carbocycles. The van der Waals surface area contributed by atoms with Gasteiger partial charge in [0.15, 0.2) is 11.0 Å². The lowest BCUT2D eigenvalue weighted by Crippen LogP contribution is -2.17. The zero-order chi connectivity index (χ0) is 22.2. The average molecular weight is 437 g/mol. The van der Waals surface area contributed by atoms with Gasteiger partial charge in [0.25, 0.3) is 0 Å². The van der Waals surface area contributed by atoms with Crippen LogP contribution in [-0.4, -0.2) is 33.5 Å². The van der Waals surface area contributed by atoms with E-state index in [0.717, 1.165) is 46.8 Å². The highest BCUT2D eigenvalue weighted by atomic mass is 32.2. The number of nitrogens with zero attached hydrogens (tertiary/aromatic N) is 3. The number of para-hydroxylation sites is 1. The van der Waals surface area contributed by atoms with Crippen LogP contribution in [0, 0.1) is 0 Å². The van der Waals surface area contributed by atoms with E-state index in [1.54, 1.807) is 13.2 Å². The summed E-state index contributed by atoms with van der Waals surface area (Å²) in [5.41, 5.74) is 4.16. The lowest BCUT2D eigenvalue weighted by molar-refractivity contribution is -0.113. The third-order valence-electron chi connectivity index (χ3n) is 4.97. The molecule has 0 unspecified atom stereocenters. The van der Waals surface area contributed by atoms with E-state index in [9.17, 15) is 4.79 Å². The van der Waals surface area contributed by atoms with Gasteiger partial charge >= 0.3 is 0 Å². The maximum atomic E-state index is 12.7. The van der Waals surface area contributed by atoms with Gasteiger partial charge in [-0.2, -0.15) is 0 Å². The van der Waals surface area contributed by atoms with Gasteiger partial charge < -0.3 is 10.1 Å². The van der Waals surface area contributed by atoms with Crippen molar-refractivity contribution < 1.29 is 9.53 Å². The summed E-state index contributed by atoms with van der Waals surface area (Å²) < 4.78 is 7.19. The Balaban J connectivity index is 1.75. The summed E-state index contributed by atoms with van der Waals surface area (Å²) in [6, 6.07) is 13.8. The summed E-state index contributed by atoms with van der Waals surface area (Å²) in [5.74, 6) is 1.71. The number of rotatable bonds is 10. The molecule has 0 radical (unpaired) electrons. The number of benzene rings is 2. The van der Waals surface area contributed by atoms with E-state index in [4.69, 9.17) is 4.74 Å². The van der Waals surface area contributed by atoms with Gasteiger partial charge in [0.2, 0.25) is 5.91 Å². The number of hydrogen-bond donors (Lipinski definition) is 1. The minimum atomic E-state index is -0.0558. The van der Waals surface area contributed by atoms with E-state index in [1.165, 1.54) is 11.8 Å². The molecule has 0 bridgehead atoms. The first-order valence-electron chi connectivity index (χ1n) is 10.3. The number of aromatic nitrogens is 3. The summed E-state index contributed by atoms with van der Waals surface area (Å²) in [7, 11) is 1.64. The normalized spacial score (nSPS) is 10.7. The molecule has 1 amide bonds. The first kappa shape index (κ1) is 22.6. The monoisotopic (exact) mass is 436 g/mol. The van der Waals surface area contributed by atoms with Crippen LogP contribution in [0.1, 0.15) is 25.0 Å². The Bertz CT molecular complexity index is 1020. The SMILES string of the molecule is C=CCn1c(SCC(=O)Nc2c(CC)cccc2CC)nnc1-c1ccc(OC)cc1. The van der Waals surface area contributed by atoms with Crippen molar-refractivity contribution in [1.29, 1.82) is 0 Å². The molecular formula is C24H28N4O2S. The van der Waals surface area contributed by atoms with Crippen LogP contribution in [0.3, 0.4) is 0 Å². The predicted octanol–water partition coefficient (Wildman–Crippen LogP) is 5.00. The van der Waals surface area contributed by atoms with Gasteiger partial charge in [0.1, 0.15) is 5.75 Å². The molecule has 31 heavy (non-hydrogen) atoms. The number of amides is 1. The first-order valence-corrected chi connectivity index (χ1v) is 11.3. The molecule has 6 nitrogen and oxygen atoms in total. The van der Waals surface area contributed by atoms with E-state index >= 15 is 0 Å². The highest BCUT2D eigenvalue weighted by Gasteiger charge is 2.16. The van der Waals surface area contributed by atoms with Crippen molar-refractivity contribution in [3.05, 3.63) is 66.2 Å². The number of allylic oxidation sites excluding steroid dienone is 1. The first-order chi connectivity index (χ1) is 15.1. The molecule has 1 N–H and O–H groups in total. The third-order valence-corrected chi connectivity index (χ3v) is 5.94. The molecule has 0 saturated carbocycles. The molecule has 3 aromatic rings. The van der Waals surface area contributed by atoms with Crippen LogP contribution < -0.4 is 10.1 Å². The number of anilines is 1. The quantitative estimate of drug-likeness (QED) is 0.358. The molecule has 0 saturated heterocycles. The van der Waals surface area contributed by atoms with Crippen LogP contribution in [0.4, 0.5) is 5.69 Å². The fourth-order valence-corrected chi connectivity index (χ4v) is 4.10. The minimum absolute atomic E-state index is 0.0558. The number of ether oxygens (including phenoxy) is 1. The minimum Gasteiger partial charge on any atom is -0.497 e. The van der Waals surface area contributed by atoms with Crippen molar-refractivity contribution >= 4 is 23.4 Å². The van der Waals surface area contributed by atoms with Crippen molar-refractivity contribution in [1.82, 2.24) is 14.8 Å². The molecule has 7 heteroatoms. The number of aryl methyl sites for hydroxylation is 2. The summed E-state index contributed by atoms with van der Waals surface area (Å²) in [4.78, 5) is 12.7. The molecule has 2 aromatic carbocycles. The summed E-state index contributed by atoms with van der Waals surface area (Å²) >= 11 is 1.37. The van der Waals surface area contributed by atoms with Gasteiger partial charge in [-0.15, -0.1) is 16.8 Å². The lowest BCUT2D eigenvalue weighted by Gasteiger charge is -2.14. The topological polar surface area (TPSA) is 69.0 Å². The van der Waals surface area contributed by atoms with Gasteiger partial charge in [-0.05, 0) is 48.2 Å². The highest BCUT2D eigenvalue weighted by Crippen LogP contribution is 2.27. The molecule has 1 aromatic heterocycles. The van der Waals surface area contributed by atoms with E-state index in [0.29, 0.717) is 11.7 Å². The van der Waals surface area contributed by atoms with Crippen molar-refractivity contribution in [2.45, 2.75) is 38.4 Å². The van der Waals surface area contributed by atoms with Gasteiger partial charge in [0.05, 0.1) is 12.9 Å². The van der Waals surface area contributed by atoms with E-state index in [2.05, 4.69) is 48.1 Å². The maximum Gasteiger partial charge on any atom is 0.234 e. The maximum absolute atomic E-state index is 12.7. The Hall–Kier alpha value is -3.06. The van der Waals surface area contributed by atoms with E-state index in [1.807, 2.05) is 34.9 Å². The second-order valence-corrected chi connectivity index (χ2v) is 7.87. The van der Waals surface area contributed by atoms with Crippen LogP contribution in [0.2, 0.25) is 0 Å². The summed E-state index contributed by atoms with van der Waals surface area (Å²) in [5, 5.41) is 12.4.